The third kappa shape index (κ3) is 9.27. The number of hydrogen-bond acceptors (Lipinski definition) is 5. The summed E-state index contributed by atoms with van der Waals surface area (Å²) >= 11 is 5.43. The smallest absolute Gasteiger partial charge is 0.307 e. The molecule has 0 aromatic heterocycles. The molecule has 0 spiro atoms. The van der Waals surface area contributed by atoms with Gasteiger partial charge in [0, 0.05) is 6.42 Å². The summed E-state index contributed by atoms with van der Waals surface area (Å²) in [5, 5.41) is 9.08. The zero-order valence-corrected chi connectivity index (χ0v) is 9.40. The molecule has 0 heterocycles. The minimum atomic E-state index is -0.843. The molecular weight excluding hydrogens is 226 g/mol. The Morgan fingerprint density at radius 3 is 2.60 bits per heavy atom. The van der Waals surface area contributed by atoms with Gasteiger partial charge in [-0.1, -0.05) is 11.6 Å². The Balaban J connectivity index is 3.52. The van der Waals surface area contributed by atoms with Crippen LogP contribution in [0.4, 0.5) is 0 Å². The van der Waals surface area contributed by atoms with E-state index in [1.54, 1.807) is 6.92 Å². The lowest BCUT2D eigenvalue weighted by atomic mass is 10.2. The number of halogens is 1. The van der Waals surface area contributed by atoms with Gasteiger partial charge in [-0.25, -0.2) is 0 Å². The monoisotopic (exact) mass is 239 g/mol. The van der Waals surface area contributed by atoms with Crippen LogP contribution in [0.15, 0.2) is 0 Å². The molecule has 7 heteroatoms. The highest BCUT2D eigenvalue weighted by Gasteiger charge is 2.10. The van der Waals surface area contributed by atoms with Crippen LogP contribution in [0.5, 0.6) is 0 Å². The van der Waals surface area contributed by atoms with Crippen molar-refractivity contribution in [2.75, 3.05) is 0 Å². The summed E-state index contributed by atoms with van der Waals surface area (Å²) in [4.78, 5) is 25.2. The number of ether oxygens (including phenoxy) is 1. The van der Waals surface area contributed by atoms with E-state index in [-0.39, 0.29) is 6.42 Å². The van der Waals surface area contributed by atoms with Crippen molar-refractivity contribution in [3.05, 3.63) is 10.1 Å². The van der Waals surface area contributed by atoms with Gasteiger partial charge < -0.3 is 9.57 Å². The zero-order valence-electron chi connectivity index (χ0n) is 8.64. The van der Waals surface area contributed by atoms with Crippen LogP contribution in [-0.4, -0.2) is 22.7 Å². The first kappa shape index (κ1) is 14.0. The van der Waals surface area contributed by atoms with E-state index in [9.17, 15) is 14.9 Å². The molecule has 0 amide bonds. The van der Waals surface area contributed by atoms with Crippen molar-refractivity contribution < 1.29 is 19.5 Å². The molecule has 0 aliphatic heterocycles. The van der Waals surface area contributed by atoms with Crippen molar-refractivity contribution in [2.45, 2.75) is 44.8 Å². The van der Waals surface area contributed by atoms with Crippen molar-refractivity contribution in [3.8, 4) is 0 Å². The Labute approximate surface area is 92.6 Å². The van der Waals surface area contributed by atoms with Gasteiger partial charge in [0.05, 0.1) is 0 Å². The fourth-order valence-electron chi connectivity index (χ4n) is 0.974. The van der Waals surface area contributed by atoms with Crippen LogP contribution in [0, 0.1) is 10.1 Å². The molecule has 2 unspecified atom stereocenters. The van der Waals surface area contributed by atoms with Crippen LogP contribution >= 0.6 is 11.6 Å². The fraction of sp³-hybridized carbons (Fsp3) is 0.875. The summed E-state index contributed by atoms with van der Waals surface area (Å²) in [6.45, 7) is 3.11. The van der Waals surface area contributed by atoms with E-state index in [0.29, 0.717) is 12.8 Å². The summed E-state index contributed by atoms with van der Waals surface area (Å²) in [5.74, 6) is -0.411. The summed E-state index contributed by atoms with van der Waals surface area (Å²) in [6.07, 6.45) is 0.563. The Bertz CT molecular complexity index is 221. The summed E-state index contributed by atoms with van der Waals surface area (Å²) in [5.41, 5.74) is -0.648. The van der Waals surface area contributed by atoms with E-state index in [1.807, 2.05) is 0 Å². The molecule has 6 nitrogen and oxygen atoms in total. The summed E-state index contributed by atoms with van der Waals surface area (Å²) in [7, 11) is 0. The van der Waals surface area contributed by atoms with Crippen molar-refractivity contribution in [3.63, 3.8) is 0 Å². The predicted octanol–water partition coefficient (Wildman–Crippen LogP) is 1.88. The second kappa shape index (κ2) is 7.28. The lowest BCUT2D eigenvalue weighted by Gasteiger charge is -2.09. The molecule has 0 aliphatic carbocycles. The van der Waals surface area contributed by atoms with Crippen LogP contribution < -0.4 is 0 Å². The Kier molecular flexibility index (Phi) is 6.77. The van der Waals surface area contributed by atoms with E-state index in [0.717, 1.165) is 0 Å². The van der Waals surface area contributed by atoms with Gasteiger partial charge in [0.1, 0.15) is 6.10 Å². The number of carbonyl (C=O) groups is 1. The maximum atomic E-state index is 11.0. The van der Waals surface area contributed by atoms with Crippen LogP contribution in [0.2, 0.25) is 0 Å². The second-order valence-electron chi connectivity index (χ2n) is 3.06. The first-order chi connectivity index (χ1) is 6.91. The molecule has 0 saturated heterocycles. The molecular formula is C8H14ClNO5. The van der Waals surface area contributed by atoms with Gasteiger partial charge in [0.2, 0.25) is 0 Å². The number of alkyl halides is 1. The first-order valence-corrected chi connectivity index (χ1v) is 5.00. The fourth-order valence-corrected chi connectivity index (χ4v) is 1.07. The van der Waals surface area contributed by atoms with Crippen LogP contribution in [0.1, 0.15) is 33.1 Å². The number of nitrogens with zero attached hydrogens (tertiary/aromatic N) is 1. The number of carbonyl (C=O) groups excluding carboxylic acids is 1. The van der Waals surface area contributed by atoms with E-state index in [2.05, 4.69) is 9.57 Å². The summed E-state index contributed by atoms with van der Waals surface area (Å²) < 4.78 is 4.66. The van der Waals surface area contributed by atoms with Gasteiger partial charge in [-0.3, -0.25) is 4.79 Å². The highest BCUT2D eigenvalue weighted by Crippen LogP contribution is 2.07. The van der Waals surface area contributed by atoms with E-state index >= 15 is 0 Å². The molecule has 0 aliphatic rings. The average molecular weight is 240 g/mol. The topological polar surface area (TPSA) is 78.7 Å². The van der Waals surface area contributed by atoms with E-state index in [1.165, 1.54) is 6.92 Å². The lowest BCUT2D eigenvalue weighted by Crippen LogP contribution is -2.14. The lowest BCUT2D eigenvalue weighted by molar-refractivity contribution is -0.767. The summed E-state index contributed by atoms with van der Waals surface area (Å²) in [6, 6.07) is 0. The minimum absolute atomic E-state index is 0.183. The SMILES string of the molecule is CC(Cl)OC(=O)CCCC(C)O[N+](=O)[O-]. The van der Waals surface area contributed by atoms with Crippen molar-refractivity contribution in [1.82, 2.24) is 0 Å². The largest absolute Gasteiger partial charge is 0.446 e. The third-order valence-electron chi connectivity index (χ3n) is 1.55. The van der Waals surface area contributed by atoms with Crippen LogP contribution in [-0.2, 0) is 14.4 Å². The molecule has 0 N–H and O–H groups in total. The van der Waals surface area contributed by atoms with Gasteiger partial charge in [-0.2, -0.15) is 0 Å². The molecule has 88 valence electrons. The van der Waals surface area contributed by atoms with Crippen molar-refractivity contribution >= 4 is 17.6 Å². The maximum Gasteiger partial charge on any atom is 0.307 e. The maximum absolute atomic E-state index is 11.0. The molecule has 0 rings (SSSR count). The molecule has 0 fully saturated rings. The number of rotatable bonds is 7. The Morgan fingerprint density at radius 1 is 1.53 bits per heavy atom. The number of hydrogen-bond donors (Lipinski definition) is 0. The average Bonchev–Trinajstić information content (AvgIpc) is 2.00. The Hall–Kier alpha value is -1.04. The molecule has 15 heavy (non-hydrogen) atoms. The highest BCUT2D eigenvalue weighted by molar-refractivity contribution is 6.19. The predicted molar refractivity (Wildman–Crippen MR) is 52.8 cm³/mol. The van der Waals surface area contributed by atoms with Crippen LogP contribution in [0.3, 0.4) is 0 Å². The number of esters is 1. The molecule has 0 aromatic carbocycles. The first-order valence-electron chi connectivity index (χ1n) is 4.56. The molecule has 2 atom stereocenters. The van der Waals surface area contributed by atoms with Gasteiger partial charge in [-0.05, 0) is 26.7 Å². The molecule has 0 radical (unpaired) electrons. The minimum Gasteiger partial charge on any atom is -0.446 e. The quantitative estimate of drug-likeness (QED) is 0.293. The van der Waals surface area contributed by atoms with Crippen LogP contribution in [0.25, 0.3) is 0 Å². The van der Waals surface area contributed by atoms with Gasteiger partial charge in [-0.15, -0.1) is 10.1 Å². The second-order valence-corrected chi connectivity index (χ2v) is 3.68. The van der Waals surface area contributed by atoms with Gasteiger partial charge in [0.25, 0.3) is 5.09 Å². The standard InChI is InChI=1S/C8H14ClNO5/c1-6(15-10(12)13)4-3-5-8(11)14-7(2)9/h6-7H,3-5H2,1-2H3. The zero-order chi connectivity index (χ0) is 11.8. The third-order valence-corrected chi connectivity index (χ3v) is 1.64. The van der Waals surface area contributed by atoms with E-state index < -0.39 is 22.7 Å². The molecule has 0 bridgehead atoms. The Morgan fingerprint density at radius 2 is 2.13 bits per heavy atom. The van der Waals surface area contributed by atoms with Crippen molar-refractivity contribution in [1.29, 1.82) is 0 Å². The van der Waals surface area contributed by atoms with Gasteiger partial charge >= 0.3 is 5.97 Å². The van der Waals surface area contributed by atoms with Crippen molar-refractivity contribution in [2.24, 2.45) is 0 Å². The van der Waals surface area contributed by atoms with Gasteiger partial charge in [0.15, 0.2) is 5.56 Å². The normalized spacial score (nSPS) is 14.1. The highest BCUT2D eigenvalue weighted by atomic mass is 35.5. The molecule has 0 aromatic rings. The molecule has 0 saturated carbocycles. The van der Waals surface area contributed by atoms with E-state index in [4.69, 9.17) is 11.6 Å².